The van der Waals surface area contributed by atoms with Gasteiger partial charge in [0.1, 0.15) is 0 Å². The Bertz CT molecular complexity index is 85.7. The number of hydrogen-bond acceptors (Lipinski definition) is 3. The molecule has 0 spiro atoms. The van der Waals surface area contributed by atoms with Gasteiger partial charge in [0.25, 0.3) is 0 Å². The van der Waals surface area contributed by atoms with Crippen molar-refractivity contribution in [2.24, 2.45) is 4.99 Å². The van der Waals surface area contributed by atoms with E-state index in [4.69, 9.17) is 0 Å². The molecule has 0 aromatic rings. The number of isocyanates is 1. The zero-order valence-corrected chi connectivity index (χ0v) is 4.34. The summed E-state index contributed by atoms with van der Waals surface area (Å²) in [7, 11) is 1.48. The maximum atomic E-state index is 9.40. The third kappa shape index (κ3) is 3.16. The van der Waals surface area contributed by atoms with Crippen LogP contribution in [0.1, 0.15) is 6.92 Å². The molecule has 0 aliphatic rings. The molecule has 0 aromatic heterocycles. The second kappa shape index (κ2) is 3.53. The van der Waals surface area contributed by atoms with Crippen LogP contribution in [-0.4, -0.2) is 19.4 Å². The first kappa shape index (κ1) is 6.34. The normalized spacial score (nSPS) is 12.3. The monoisotopic (exact) mass is 101 g/mol. The van der Waals surface area contributed by atoms with Gasteiger partial charge < -0.3 is 4.74 Å². The minimum atomic E-state index is -0.350. The molecular formula is C4H7NO2. The van der Waals surface area contributed by atoms with Gasteiger partial charge in [-0.25, -0.2) is 4.79 Å². The zero-order valence-electron chi connectivity index (χ0n) is 4.34. The molecule has 0 aromatic carbocycles. The van der Waals surface area contributed by atoms with Crippen molar-refractivity contribution in [3.05, 3.63) is 0 Å². The van der Waals surface area contributed by atoms with Crippen molar-refractivity contribution in [2.75, 3.05) is 7.11 Å². The van der Waals surface area contributed by atoms with Gasteiger partial charge in [0.2, 0.25) is 6.08 Å². The largest absolute Gasteiger partial charge is 0.359 e. The van der Waals surface area contributed by atoms with E-state index in [-0.39, 0.29) is 6.23 Å². The van der Waals surface area contributed by atoms with Crippen LogP contribution in [0.15, 0.2) is 4.99 Å². The quantitative estimate of drug-likeness (QED) is 0.371. The topological polar surface area (TPSA) is 38.7 Å². The molecule has 0 aliphatic carbocycles. The first-order valence-corrected chi connectivity index (χ1v) is 1.91. The SMILES string of the molecule is COC(C)N=C=O. The Morgan fingerprint density at radius 3 is 2.57 bits per heavy atom. The third-order valence-electron chi connectivity index (χ3n) is 0.576. The van der Waals surface area contributed by atoms with Crippen LogP contribution < -0.4 is 0 Å². The Balaban J connectivity index is 3.35. The summed E-state index contributed by atoms with van der Waals surface area (Å²) in [6.45, 7) is 1.66. The lowest BCUT2D eigenvalue weighted by Crippen LogP contribution is -1.97. The van der Waals surface area contributed by atoms with E-state index in [1.165, 1.54) is 13.2 Å². The van der Waals surface area contributed by atoms with Gasteiger partial charge in [-0.1, -0.05) is 0 Å². The first-order chi connectivity index (χ1) is 3.31. The van der Waals surface area contributed by atoms with Gasteiger partial charge in [-0.15, -0.1) is 0 Å². The number of rotatable bonds is 2. The molecule has 7 heavy (non-hydrogen) atoms. The molecule has 0 saturated carbocycles. The lowest BCUT2D eigenvalue weighted by Gasteiger charge is -1.95. The highest BCUT2D eigenvalue weighted by Crippen LogP contribution is 1.83. The van der Waals surface area contributed by atoms with Crippen molar-refractivity contribution in [3.63, 3.8) is 0 Å². The number of hydrogen-bond donors (Lipinski definition) is 0. The Labute approximate surface area is 42.0 Å². The van der Waals surface area contributed by atoms with E-state index in [2.05, 4.69) is 9.73 Å². The Morgan fingerprint density at radius 1 is 1.86 bits per heavy atom. The van der Waals surface area contributed by atoms with E-state index < -0.39 is 0 Å². The average Bonchev–Trinajstić information content (AvgIpc) is 1.68. The summed E-state index contributed by atoms with van der Waals surface area (Å²) in [5.74, 6) is 0. The highest BCUT2D eigenvalue weighted by molar-refractivity contribution is 5.32. The van der Waals surface area contributed by atoms with E-state index in [0.717, 1.165) is 0 Å². The molecule has 3 heteroatoms. The van der Waals surface area contributed by atoms with Crippen LogP contribution >= 0.6 is 0 Å². The molecule has 3 nitrogen and oxygen atoms in total. The molecule has 0 aliphatic heterocycles. The Kier molecular flexibility index (Phi) is 3.19. The van der Waals surface area contributed by atoms with Crippen molar-refractivity contribution in [1.29, 1.82) is 0 Å². The minimum absolute atomic E-state index is 0.350. The molecule has 0 bridgehead atoms. The molecule has 1 unspecified atom stereocenters. The molecule has 0 heterocycles. The van der Waals surface area contributed by atoms with Crippen LogP contribution in [0.25, 0.3) is 0 Å². The summed E-state index contributed by atoms with van der Waals surface area (Å²) < 4.78 is 4.56. The van der Waals surface area contributed by atoms with Crippen LogP contribution in [0.4, 0.5) is 0 Å². The maximum absolute atomic E-state index is 9.40. The van der Waals surface area contributed by atoms with E-state index in [9.17, 15) is 4.79 Å². The van der Waals surface area contributed by atoms with Crippen molar-refractivity contribution >= 4 is 6.08 Å². The number of aliphatic imine (C=N–C) groups is 1. The highest BCUT2D eigenvalue weighted by atomic mass is 16.5. The predicted octanol–water partition coefficient (Wildman–Crippen LogP) is 0.315. The fourth-order valence-corrected chi connectivity index (χ4v) is 0.127. The van der Waals surface area contributed by atoms with Gasteiger partial charge in [0, 0.05) is 7.11 Å². The molecule has 0 N–H and O–H groups in total. The lowest BCUT2D eigenvalue weighted by atomic mass is 10.7. The number of carbonyl (C=O) groups excluding carboxylic acids is 1. The van der Waals surface area contributed by atoms with Crippen LogP contribution in [0.2, 0.25) is 0 Å². The van der Waals surface area contributed by atoms with Gasteiger partial charge in [-0.3, -0.25) is 0 Å². The Hall–Kier alpha value is -0.660. The lowest BCUT2D eigenvalue weighted by molar-refractivity contribution is 0.126. The molecule has 0 amide bonds. The number of ether oxygens (including phenoxy) is 1. The number of nitrogens with zero attached hydrogens (tertiary/aromatic N) is 1. The average molecular weight is 101 g/mol. The smallest absolute Gasteiger partial charge is 0.237 e. The maximum Gasteiger partial charge on any atom is 0.237 e. The summed E-state index contributed by atoms with van der Waals surface area (Å²) in [5.41, 5.74) is 0. The van der Waals surface area contributed by atoms with Gasteiger partial charge in [-0.05, 0) is 6.92 Å². The molecular weight excluding hydrogens is 94.0 g/mol. The van der Waals surface area contributed by atoms with Crippen molar-refractivity contribution in [3.8, 4) is 0 Å². The number of methoxy groups -OCH3 is 1. The summed E-state index contributed by atoms with van der Waals surface area (Å²) in [6, 6.07) is 0. The fraction of sp³-hybridized carbons (Fsp3) is 0.750. The molecule has 0 fully saturated rings. The summed E-state index contributed by atoms with van der Waals surface area (Å²) >= 11 is 0. The predicted molar refractivity (Wildman–Crippen MR) is 24.6 cm³/mol. The highest BCUT2D eigenvalue weighted by Gasteiger charge is 1.87. The zero-order chi connectivity index (χ0) is 5.70. The van der Waals surface area contributed by atoms with E-state index in [0.29, 0.717) is 0 Å². The summed E-state index contributed by atoms with van der Waals surface area (Å²) in [4.78, 5) is 12.6. The summed E-state index contributed by atoms with van der Waals surface area (Å²) in [6.07, 6.45) is 1.02. The molecule has 1 atom stereocenters. The van der Waals surface area contributed by atoms with Crippen LogP contribution in [-0.2, 0) is 9.53 Å². The molecule has 0 radical (unpaired) electrons. The van der Waals surface area contributed by atoms with Crippen LogP contribution in [0.3, 0.4) is 0 Å². The van der Waals surface area contributed by atoms with Gasteiger partial charge >= 0.3 is 0 Å². The fourth-order valence-electron chi connectivity index (χ4n) is 0.127. The second-order valence-corrected chi connectivity index (χ2v) is 1.06. The first-order valence-electron chi connectivity index (χ1n) is 1.91. The molecule has 40 valence electrons. The Morgan fingerprint density at radius 2 is 2.43 bits per heavy atom. The molecule has 0 rings (SSSR count). The minimum Gasteiger partial charge on any atom is -0.359 e. The van der Waals surface area contributed by atoms with Crippen molar-refractivity contribution in [2.45, 2.75) is 13.2 Å². The van der Waals surface area contributed by atoms with Gasteiger partial charge in [0.15, 0.2) is 6.23 Å². The standard InChI is InChI=1S/C4H7NO2/c1-4(7-2)5-3-6/h4H,1-2H3. The second-order valence-electron chi connectivity index (χ2n) is 1.06. The third-order valence-corrected chi connectivity index (χ3v) is 0.576. The van der Waals surface area contributed by atoms with Gasteiger partial charge in [0.05, 0.1) is 0 Å². The van der Waals surface area contributed by atoms with Gasteiger partial charge in [-0.2, -0.15) is 4.99 Å². The van der Waals surface area contributed by atoms with Crippen LogP contribution in [0, 0.1) is 0 Å². The van der Waals surface area contributed by atoms with Crippen molar-refractivity contribution < 1.29 is 9.53 Å². The van der Waals surface area contributed by atoms with E-state index >= 15 is 0 Å². The molecule has 0 saturated heterocycles. The van der Waals surface area contributed by atoms with Crippen molar-refractivity contribution in [1.82, 2.24) is 0 Å². The summed E-state index contributed by atoms with van der Waals surface area (Å²) in [5, 5.41) is 0. The van der Waals surface area contributed by atoms with E-state index in [1.54, 1.807) is 6.92 Å². The van der Waals surface area contributed by atoms with E-state index in [1.807, 2.05) is 0 Å². The van der Waals surface area contributed by atoms with Crippen LogP contribution in [0.5, 0.6) is 0 Å².